The molecule has 4 aromatic rings. The van der Waals surface area contributed by atoms with Crippen molar-refractivity contribution in [1.82, 2.24) is 25.2 Å². The number of carbonyl (C=O) groups excluding carboxylic acids is 2. The van der Waals surface area contributed by atoms with Gasteiger partial charge in [-0.25, -0.2) is 4.68 Å². The third kappa shape index (κ3) is 5.79. The average molecular weight is 530 g/mol. The third-order valence-electron chi connectivity index (χ3n) is 6.28. The molecule has 3 aromatic carbocycles. The van der Waals surface area contributed by atoms with Crippen molar-refractivity contribution in [3.8, 4) is 17.2 Å². The molecule has 10 heteroatoms. The van der Waals surface area contributed by atoms with Gasteiger partial charge in [-0.1, -0.05) is 35.5 Å². The van der Waals surface area contributed by atoms with E-state index in [-0.39, 0.29) is 31.7 Å². The Bertz CT molecular complexity index is 1510. The van der Waals surface area contributed by atoms with Crippen LogP contribution >= 0.6 is 0 Å². The van der Waals surface area contributed by atoms with Gasteiger partial charge in [-0.05, 0) is 68.3 Å². The molecule has 1 N–H and O–H groups in total. The summed E-state index contributed by atoms with van der Waals surface area (Å²) in [4.78, 5) is 29.5. The van der Waals surface area contributed by atoms with Gasteiger partial charge in [0.05, 0.1) is 12.6 Å². The molecule has 0 spiro atoms. The van der Waals surface area contributed by atoms with Crippen LogP contribution in [-0.4, -0.2) is 51.1 Å². The molecule has 0 aliphatic carbocycles. The van der Waals surface area contributed by atoms with Gasteiger partial charge in [0.2, 0.25) is 18.6 Å². The Morgan fingerprint density at radius 1 is 1.05 bits per heavy atom. The number of benzene rings is 3. The second-order valence-corrected chi connectivity index (χ2v) is 10.4. The van der Waals surface area contributed by atoms with Crippen LogP contribution in [0.3, 0.4) is 0 Å². The van der Waals surface area contributed by atoms with E-state index in [1.165, 1.54) is 0 Å². The van der Waals surface area contributed by atoms with Gasteiger partial charge in [0.25, 0.3) is 0 Å². The van der Waals surface area contributed by atoms with E-state index in [9.17, 15) is 9.59 Å². The summed E-state index contributed by atoms with van der Waals surface area (Å²) in [6.07, 6.45) is 0. The lowest BCUT2D eigenvalue weighted by molar-refractivity contribution is -0.142. The van der Waals surface area contributed by atoms with Crippen LogP contribution in [-0.2, 0) is 22.7 Å². The van der Waals surface area contributed by atoms with Gasteiger partial charge in [0.1, 0.15) is 23.9 Å². The molecule has 1 unspecified atom stereocenters. The highest BCUT2D eigenvalue weighted by atomic mass is 16.7. The molecule has 1 aromatic heterocycles. The number of hydrogen-bond donors (Lipinski definition) is 1. The van der Waals surface area contributed by atoms with E-state index < -0.39 is 11.6 Å². The van der Waals surface area contributed by atoms with Crippen molar-refractivity contribution in [3.05, 3.63) is 77.9 Å². The molecule has 39 heavy (non-hydrogen) atoms. The number of nitrogens with zero attached hydrogens (tertiary/aromatic N) is 4. The van der Waals surface area contributed by atoms with Crippen LogP contribution in [0, 0.1) is 0 Å². The Hall–Kier alpha value is -4.60. The molecule has 0 saturated heterocycles. The molecule has 2 heterocycles. The van der Waals surface area contributed by atoms with Gasteiger partial charge >= 0.3 is 0 Å². The van der Waals surface area contributed by atoms with E-state index >= 15 is 0 Å². The lowest BCUT2D eigenvalue weighted by Gasteiger charge is -2.34. The van der Waals surface area contributed by atoms with E-state index in [2.05, 4.69) is 15.6 Å². The molecular weight excluding hydrogens is 498 g/mol. The first kappa shape index (κ1) is 26.0. The van der Waals surface area contributed by atoms with E-state index in [1.807, 2.05) is 63.2 Å². The van der Waals surface area contributed by atoms with Crippen molar-refractivity contribution >= 4 is 22.8 Å². The van der Waals surface area contributed by atoms with Gasteiger partial charge in [-0.2, -0.15) is 0 Å². The molecule has 10 nitrogen and oxygen atoms in total. The van der Waals surface area contributed by atoms with Crippen molar-refractivity contribution < 1.29 is 23.8 Å². The number of nitrogens with one attached hydrogen (secondary N) is 1. The van der Waals surface area contributed by atoms with E-state index in [1.54, 1.807) is 41.0 Å². The molecule has 0 fully saturated rings. The number of hydrogen-bond acceptors (Lipinski definition) is 7. The molecule has 5 rings (SSSR count). The molecule has 0 radical (unpaired) electrons. The number of ether oxygens (including phenoxy) is 3. The lowest BCUT2D eigenvalue weighted by atomic mass is 10.00. The largest absolute Gasteiger partial charge is 0.497 e. The Labute approximate surface area is 226 Å². The molecule has 202 valence electrons. The number of para-hydroxylation sites is 1. The van der Waals surface area contributed by atoms with Crippen LogP contribution in [0.2, 0.25) is 0 Å². The van der Waals surface area contributed by atoms with Crippen LogP contribution in [0.25, 0.3) is 11.0 Å². The fraction of sp³-hybridized carbons (Fsp3) is 0.310. The Morgan fingerprint density at radius 2 is 1.85 bits per heavy atom. The summed E-state index contributed by atoms with van der Waals surface area (Å²) in [5, 5.41) is 11.4. The predicted molar refractivity (Wildman–Crippen MR) is 144 cm³/mol. The molecule has 0 saturated carbocycles. The molecular formula is C29H31N5O5. The quantitative estimate of drug-likeness (QED) is 0.369. The second kappa shape index (κ2) is 10.6. The van der Waals surface area contributed by atoms with Gasteiger partial charge in [0, 0.05) is 12.1 Å². The Morgan fingerprint density at radius 3 is 2.64 bits per heavy atom. The van der Waals surface area contributed by atoms with Crippen molar-refractivity contribution in [3.63, 3.8) is 0 Å². The zero-order chi connectivity index (χ0) is 27.6. The summed E-state index contributed by atoms with van der Waals surface area (Å²) in [7, 11) is 1.56. The normalized spacial score (nSPS) is 13.2. The Balaban J connectivity index is 1.57. The smallest absolute Gasteiger partial charge is 0.247 e. The minimum Gasteiger partial charge on any atom is -0.497 e. The fourth-order valence-corrected chi connectivity index (χ4v) is 4.53. The maximum Gasteiger partial charge on any atom is 0.247 e. The van der Waals surface area contributed by atoms with Crippen molar-refractivity contribution in [1.29, 1.82) is 0 Å². The highest BCUT2D eigenvalue weighted by Gasteiger charge is 2.34. The molecule has 1 aliphatic rings. The highest BCUT2D eigenvalue weighted by molar-refractivity contribution is 5.89. The molecule has 0 bridgehead atoms. The fourth-order valence-electron chi connectivity index (χ4n) is 4.53. The average Bonchev–Trinajstić information content (AvgIpc) is 3.54. The first-order valence-corrected chi connectivity index (χ1v) is 12.6. The summed E-state index contributed by atoms with van der Waals surface area (Å²) < 4.78 is 18.0. The lowest BCUT2D eigenvalue weighted by Crippen LogP contribution is -2.49. The van der Waals surface area contributed by atoms with Crippen LogP contribution < -0.4 is 19.5 Å². The summed E-state index contributed by atoms with van der Waals surface area (Å²) in [5.74, 6) is 1.20. The molecule has 2 amide bonds. The summed E-state index contributed by atoms with van der Waals surface area (Å²) in [6, 6.07) is 19.2. The van der Waals surface area contributed by atoms with Crippen molar-refractivity contribution in [2.45, 2.75) is 45.4 Å². The maximum absolute atomic E-state index is 14.1. The SMILES string of the molecule is COc1cccc(C(C(=O)NC(C)(C)C)N(Cc2ccc3c(c2)OCO3)C(=O)Cn2nnc3ccccc32)c1. The van der Waals surface area contributed by atoms with Crippen LogP contribution in [0.15, 0.2) is 66.7 Å². The van der Waals surface area contributed by atoms with Crippen LogP contribution in [0.5, 0.6) is 17.2 Å². The topological polar surface area (TPSA) is 108 Å². The molecule has 1 atom stereocenters. The molecule has 1 aliphatic heterocycles. The zero-order valence-electron chi connectivity index (χ0n) is 22.4. The van der Waals surface area contributed by atoms with Gasteiger partial charge < -0.3 is 24.4 Å². The maximum atomic E-state index is 14.1. The number of rotatable bonds is 8. The predicted octanol–water partition coefficient (Wildman–Crippen LogP) is 3.85. The van der Waals surface area contributed by atoms with E-state index in [4.69, 9.17) is 14.2 Å². The number of methoxy groups -OCH3 is 1. The van der Waals surface area contributed by atoms with Crippen molar-refractivity contribution in [2.24, 2.45) is 0 Å². The zero-order valence-corrected chi connectivity index (χ0v) is 22.4. The highest BCUT2D eigenvalue weighted by Crippen LogP contribution is 2.34. The van der Waals surface area contributed by atoms with Gasteiger partial charge in [-0.15, -0.1) is 5.10 Å². The number of amides is 2. The van der Waals surface area contributed by atoms with Crippen LogP contribution in [0.1, 0.15) is 37.9 Å². The first-order chi connectivity index (χ1) is 18.7. The monoisotopic (exact) mass is 529 g/mol. The van der Waals surface area contributed by atoms with Gasteiger partial charge in [-0.3, -0.25) is 9.59 Å². The van der Waals surface area contributed by atoms with Crippen molar-refractivity contribution in [2.75, 3.05) is 13.9 Å². The number of fused-ring (bicyclic) bond motifs is 2. The van der Waals surface area contributed by atoms with E-state index in [0.717, 1.165) is 11.1 Å². The summed E-state index contributed by atoms with van der Waals surface area (Å²) in [5.41, 5.74) is 2.29. The minimum absolute atomic E-state index is 0.103. The van der Waals surface area contributed by atoms with Crippen LogP contribution in [0.4, 0.5) is 0 Å². The van der Waals surface area contributed by atoms with E-state index in [0.29, 0.717) is 28.3 Å². The summed E-state index contributed by atoms with van der Waals surface area (Å²) >= 11 is 0. The number of aromatic nitrogens is 3. The minimum atomic E-state index is -0.952. The second-order valence-electron chi connectivity index (χ2n) is 10.4. The summed E-state index contributed by atoms with van der Waals surface area (Å²) in [6.45, 7) is 5.88. The number of carbonyl (C=O) groups is 2. The standard InChI is InChI=1S/C29H31N5O5/c1-29(2,3)30-28(36)27(20-8-7-9-21(15-20)37-4)33(16-19-12-13-24-25(14-19)39-18-38-24)26(35)17-34-23-11-6-5-10-22(23)31-32-34/h5-15,27H,16-18H2,1-4H3,(H,30,36). The third-order valence-corrected chi connectivity index (χ3v) is 6.28. The van der Waals surface area contributed by atoms with Gasteiger partial charge in [0.15, 0.2) is 11.5 Å². The Kier molecular flexibility index (Phi) is 7.10. The first-order valence-electron chi connectivity index (χ1n) is 12.6.